The SMILES string of the molecule is CS(=O)(=O)N1CCC(Nc2cc(N)cc(Cl)n2)CC1. The van der Waals surface area contributed by atoms with Crippen LogP contribution in [-0.2, 0) is 10.0 Å². The Morgan fingerprint density at radius 2 is 2.05 bits per heavy atom. The highest BCUT2D eigenvalue weighted by Gasteiger charge is 2.24. The Morgan fingerprint density at radius 3 is 2.58 bits per heavy atom. The van der Waals surface area contributed by atoms with E-state index >= 15 is 0 Å². The zero-order chi connectivity index (χ0) is 14.0. The van der Waals surface area contributed by atoms with Gasteiger partial charge in [-0.25, -0.2) is 17.7 Å². The minimum atomic E-state index is -3.09. The molecule has 19 heavy (non-hydrogen) atoms. The van der Waals surface area contributed by atoms with Crippen molar-refractivity contribution in [3.05, 3.63) is 17.3 Å². The van der Waals surface area contributed by atoms with Crippen LogP contribution in [0.15, 0.2) is 12.1 Å². The number of sulfonamides is 1. The second-order valence-corrected chi connectivity index (χ2v) is 7.06. The molecule has 0 aromatic carbocycles. The lowest BCUT2D eigenvalue weighted by Gasteiger charge is -2.30. The first-order valence-corrected chi connectivity index (χ1v) is 8.22. The van der Waals surface area contributed by atoms with Crippen molar-refractivity contribution in [3.63, 3.8) is 0 Å². The van der Waals surface area contributed by atoms with Crippen LogP contribution in [0.2, 0.25) is 5.15 Å². The summed E-state index contributed by atoms with van der Waals surface area (Å²) in [5.41, 5.74) is 6.24. The molecule has 1 aromatic rings. The van der Waals surface area contributed by atoms with Gasteiger partial charge in [0.25, 0.3) is 0 Å². The molecule has 8 heteroatoms. The molecule has 0 atom stereocenters. The molecule has 1 fully saturated rings. The Bertz CT molecular complexity index is 536. The molecular formula is C11H17ClN4O2S. The molecule has 0 saturated carbocycles. The molecule has 1 saturated heterocycles. The summed E-state index contributed by atoms with van der Waals surface area (Å²) in [6.07, 6.45) is 2.71. The van der Waals surface area contributed by atoms with E-state index in [1.165, 1.54) is 10.6 Å². The molecule has 0 radical (unpaired) electrons. The van der Waals surface area contributed by atoms with E-state index in [-0.39, 0.29) is 6.04 Å². The van der Waals surface area contributed by atoms with Crippen molar-refractivity contribution in [2.45, 2.75) is 18.9 Å². The van der Waals surface area contributed by atoms with Gasteiger partial charge in [0.15, 0.2) is 0 Å². The number of rotatable bonds is 3. The van der Waals surface area contributed by atoms with E-state index in [9.17, 15) is 8.42 Å². The highest BCUT2D eigenvalue weighted by molar-refractivity contribution is 7.88. The fourth-order valence-corrected chi connectivity index (χ4v) is 3.22. The molecule has 1 aliphatic rings. The number of anilines is 2. The maximum Gasteiger partial charge on any atom is 0.211 e. The molecule has 2 rings (SSSR count). The Kier molecular flexibility index (Phi) is 4.17. The van der Waals surface area contributed by atoms with Crippen LogP contribution in [0.3, 0.4) is 0 Å². The normalized spacial score (nSPS) is 18.4. The van der Waals surface area contributed by atoms with E-state index < -0.39 is 10.0 Å². The van der Waals surface area contributed by atoms with Crippen LogP contribution in [0.1, 0.15) is 12.8 Å². The average Bonchev–Trinajstić information content (AvgIpc) is 2.26. The van der Waals surface area contributed by atoms with Crippen molar-refractivity contribution in [1.82, 2.24) is 9.29 Å². The molecule has 2 heterocycles. The van der Waals surface area contributed by atoms with Crippen molar-refractivity contribution < 1.29 is 8.42 Å². The van der Waals surface area contributed by atoms with Gasteiger partial charge < -0.3 is 11.1 Å². The fraction of sp³-hybridized carbons (Fsp3) is 0.545. The predicted molar refractivity (Wildman–Crippen MR) is 76.7 cm³/mol. The second-order valence-electron chi connectivity index (χ2n) is 4.69. The number of aromatic nitrogens is 1. The maximum absolute atomic E-state index is 11.4. The van der Waals surface area contributed by atoms with Crippen LogP contribution in [0.25, 0.3) is 0 Å². The lowest BCUT2D eigenvalue weighted by molar-refractivity contribution is 0.331. The Labute approximate surface area is 118 Å². The molecule has 1 aromatic heterocycles. The number of piperidine rings is 1. The third kappa shape index (κ3) is 3.95. The third-order valence-electron chi connectivity index (χ3n) is 3.09. The summed E-state index contributed by atoms with van der Waals surface area (Å²) < 4.78 is 24.3. The number of pyridine rings is 1. The summed E-state index contributed by atoms with van der Waals surface area (Å²) in [5.74, 6) is 0.628. The Hall–Kier alpha value is -1.05. The van der Waals surface area contributed by atoms with Gasteiger partial charge in [0.1, 0.15) is 11.0 Å². The number of nitrogens with two attached hydrogens (primary N) is 1. The van der Waals surface area contributed by atoms with Gasteiger partial charge in [0, 0.05) is 30.9 Å². The van der Waals surface area contributed by atoms with Gasteiger partial charge in [-0.15, -0.1) is 0 Å². The van der Waals surface area contributed by atoms with E-state index in [4.69, 9.17) is 17.3 Å². The largest absolute Gasteiger partial charge is 0.399 e. The number of nitrogens with zero attached hydrogens (tertiary/aromatic N) is 2. The van der Waals surface area contributed by atoms with Gasteiger partial charge in [-0.1, -0.05) is 11.6 Å². The number of nitrogens with one attached hydrogen (secondary N) is 1. The lowest BCUT2D eigenvalue weighted by atomic mass is 10.1. The van der Waals surface area contributed by atoms with Crippen molar-refractivity contribution in [2.24, 2.45) is 0 Å². The first kappa shape index (κ1) is 14.4. The smallest absolute Gasteiger partial charge is 0.211 e. The van der Waals surface area contributed by atoms with E-state index in [0.29, 0.717) is 29.7 Å². The molecule has 1 aliphatic heterocycles. The zero-order valence-corrected chi connectivity index (χ0v) is 12.2. The first-order chi connectivity index (χ1) is 8.84. The zero-order valence-electron chi connectivity index (χ0n) is 10.6. The van der Waals surface area contributed by atoms with E-state index in [0.717, 1.165) is 12.8 Å². The molecular weight excluding hydrogens is 288 g/mol. The predicted octanol–water partition coefficient (Wildman–Crippen LogP) is 1.15. The molecule has 6 nitrogen and oxygen atoms in total. The maximum atomic E-state index is 11.4. The summed E-state index contributed by atoms with van der Waals surface area (Å²) in [4.78, 5) is 4.14. The van der Waals surface area contributed by atoms with Crippen molar-refractivity contribution in [2.75, 3.05) is 30.4 Å². The van der Waals surface area contributed by atoms with Gasteiger partial charge in [0.2, 0.25) is 10.0 Å². The van der Waals surface area contributed by atoms with Crippen molar-refractivity contribution in [3.8, 4) is 0 Å². The molecule has 3 N–H and O–H groups in total. The Balaban J connectivity index is 1.96. The molecule has 106 valence electrons. The van der Waals surface area contributed by atoms with Crippen LogP contribution >= 0.6 is 11.6 Å². The van der Waals surface area contributed by atoms with Crippen LogP contribution in [0.4, 0.5) is 11.5 Å². The lowest BCUT2D eigenvalue weighted by Crippen LogP contribution is -2.41. The van der Waals surface area contributed by atoms with Crippen LogP contribution in [0.5, 0.6) is 0 Å². The monoisotopic (exact) mass is 304 g/mol. The van der Waals surface area contributed by atoms with E-state index in [1.807, 2.05) is 0 Å². The van der Waals surface area contributed by atoms with Crippen molar-refractivity contribution >= 4 is 33.1 Å². The van der Waals surface area contributed by atoms with Crippen LogP contribution in [0, 0.1) is 0 Å². The summed E-state index contributed by atoms with van der Waals surface area (Å²) in [6.45, 7) is 1.04. The first-order valence-electron chi connectivity index (χ1n) is 5.99. The highest BCUT2D eigenvalue weighted by Crippen LogP contribution is 2.20. The third-order valence-corrected chi connectivity index (χ3v) is 4.59. The molecule has 0 unspecified atom stereocenters. The van der Waals surface area contributed by atoms with Crippen LogP contribution < -0.4 is 11.1 Å². The van der Waals surface area contributed by atoms with Crippen molar-refractivity contribution in [1.29, 1.82) is 0 Å². The molecule has 0 amide bonds. The number of halogens is 1. The number of hydrogen-bond donors (Lipinski definition) is 2. The number of nitrogen functional groups attached to an aromatic ring is 1. The summed E-state index contributed by atoms with van der Waals surface area (Å²) in [5, 5.41) is 3.58. The standard InChI is InChI=1S/C11H17ClN4O2S/c1-19(17,18)16-4-2-9(3-5-16)14-11-7-8(13)6-10(12)15-11/h6-7,9H,2-5H2,1H3,(H3,13,14,15). The van der Waals surface area contributed by atoms with Gasteiger partial charge in [-0.3, -0.25) is 0 Å². The van der Waals surface area contributed by atoms with Gasteiger partial charge >= 0.3 is 0 Å². The fourth-order valence-electron chi connectivity index (χ4n) is 2.13. The highest BCUT2D eigenvalue weighted by atomic mass is 35.5. The summed E-state index contributed by atoms with van der Waals surface area (Å²) in [7, 11) is -3.09. The quantitative estimate of drug-likeness (QED) is 0.818. The topological polar surface area (TPSA) is 88.3 Å². The second kappa shape index (κ2) is 5.52. The minimum Gasteiger partial charge on any atom is -0.399 e. The van der Waals surface area contributed by atoms with E-state index in [1.54, 1.807) is 12.1 Å². The molecule has 0 aliphatic carbocycles. The summed E-state index contributed by atoms with van der Waals surface area (Å²) >= 11 is 5.83. The van der Waals surface area contributed by atoms with Crippen LogP contribution in [-0.4, -0.2) is 43.1 Å². The van der Waals surface area contributed by atoms with Gasteiger partial charge in [-0.2, -0.15) is 0 Å². The average molecular weight is 305 g/mol. The minimum absolute atomic E-state index is 0.184. The molecule has 0 spiro atoms. The van der Waals surface area contributed by atoms with Gasteiger partial charge in [0.05, 0.1) is 6.26 Å². The van der Waals surface area contributed by atoms with E-state index in [2.05, 4.69) is 10.3 Å². The molecule has 0 bridgehead atoms. The Morgan fingerprint density at radius 1 is 1.42 bits per heavy atom. The number of hydrogen-bond acceptors (Lipinski definition) is 5. The van der Waals surface area contributed by atoms with Gasteiger partial charge in [-0.05, 0) is 18.9 Å². The summed E-state index contributed by atoms with van der Waals surface area (Å²) in [6, 6.07) is 3.48.